The van der Waals surface area contributed by atoms with Crippen molar-refractivity contribution < 1.29 is 13.3 Å². The van der Waals surface area contributed by atoms with Crippen molar-refractivity contribution in [2.75, 3.05) is 19.8 Å². The average molecular weight is 233 g/mol. The Morgan fingerprint density at radius 3 is 1.33 bits per heavy atom. The van der Waals surface area contributed by atoms with Gasteiger partial charge in [-0.25, -0.2) is 0 Å². The summed E-state index contributed by atoms with van der Waals surface area (Å²) < 4.78 is 17.3. The molecule has 0 aromatic carbocycles. The fourth-order valence-corrected chi connectivity index (χ4v) is 3.34. The van der Waals surface area contributed by atoms with Crippen LogP contribution in [0.4, 0.5) is 0 Å². The van der Waals surface area contributed by atoms with Crippen LogP contribution in [0.2, 0.25) is 6.04 Å². The Morgan fingerprint density at radius 1 is 0.800 bits per heavy atom. The van der Waals surface area contributed by atoms with Crippen molar-refractivity contribution in [3.8, 4) is 0 Å². The Labute approximate surface area is 95.5 Å². The molecule has 0 aliphatic rings. The van der Waals surface area contributed by atoms with E-state index in [0.29, 0.717) is 25.9 Å². The van der Waals surface area contributed by atoms with Crippen LogP contribution in [0.1, 0.15) is 40.0 Å². The van der Waals surface area contributed by atoms with Crippen molar-refractivity contribution in [3.05, 3.63) is 6.92 Å². The Kier molecular flexibility index (Phi) is 9.39. The first-order valence-electron chi connectivity index (χ1n) is 5.95. The molecule has 4 heteroatoms. The largest absolute Gasteiger partial charge is 0.500 e. The van der Waals surface area contributed by atoms with Gasteiger partial charge in [0.1, 0.15) is 0 Å². The highest BCUT2D eigenvalue weighted by molar-refractivity contribution is 6.60. The second kappa shape index (κ2) is 9.33. The summed E-state index contributed by atoms with van der Waals surface area (Å²) in [5, 5.41) is 0. The number of rotatable bonds is 10. The summed E-state index contributed by atoms with van der Waals surface area (Å²) in [5.74, 6) is 0. The second-order valence-electron chi connectivity index (χ2n) is 3.48. The molecule has 0 aromatic heterocycles. The third-order valence-corrected chi connectivity index (χ3v) is 4.43. The van der Waals surface area contributed by atoms with E-state index in [-0.39, 0.29) is 0 Å². The van der Waals surface area contributed by atoms with Gasteiger partial charge in [0, 0.05) is 25.9 Å². The molecule has 91 valence electrons. The van der Waals surface area contributed by atoms with Gasteiger partial charge in [0.15, 0.2) is 0 Å². The summed E-state index contributed by atoms with van der Waals surface area (Å²) in [6.45, 7) is 12.3. The molecule has 1 radical (unpaired) electrons. The Morgan fingerprint density at radius 2 is 1.13 bits per heavy atom. The van der Waals surface area contributed by atoms with Crippen LogP contribution in [-0.2, 0) is 13.3 Å². The topological polar surface area (TPSA) is 27.7 Å². The predicted octanol–water partition coefficient (Wildman–Crippen LogP) is 3.04. The summed E-state index contributed by atoms with van der Waals surface area (Å²) in [5.41, 5.74) is 0. The van der Waals surface area contributed by atoms with Crippen LogP contribution in [0.25, 0.3) is 0 Å². The van der Waals surface area contributed by atoms with E-state index < -0.39 is 8.80 Å². The van der Waals surface area contributed by atoms with Crippen molar-refractivity contribution in [1.82, 2.24) is 0 Å². The van der Waals surface area contributed by atoms with Crippen molar-refractivity contribution in [1.29, 1.82) is 0 Å². The van der Waals surface area contributed by atoms with Crippen LogP contribution in [0.3, 0.4) is 0 Å². The summed E-state index contributed by atoms with van der Waals surface area (Å²) in [6.07, 6.45) is 2.96. The molecule has 3 nitrogen and oxygen atoms in total. The molecule has 0 heterocycles. The van der Waals surface area contributed by atoms with E-state index in [0.717, 1.165) is 19.3 Å². The van der Waals surface area contributed by atoms with Gasteiger partial charge in [0.25, 0.3) is 0 Å². The van der Waals surface area contributed by atoms with E-state index >= 15 is 0 Å². The minimum Gasteiger partial charge on any atom is -0.373 e. The van der Waals surface area contributed by atoms with Crippen LogP contribution < -0.4 is 0 Å². The molecule has 0 N–H and O–H groups in total. The van der Waals surface area contributed by atoms with Gasteiger partial charge >= 0.3 is 8.80 Å². The standard InChI is InChI=1S/C11H25O3Si/c1-5-9-12-15(8-4,13-10-6-2)14-11-7-3/h4-11H2,1-3H3. The van der Waals surface area contributed by atoms with E-state index in [1.54, 1.807) is 0 Å². The number of hydrogen-bond acceptors (Lipinski definition) is 3. The summed E-state index contributed by atoms with van der Waals surface area (Å²) in [4.78, 5) is 0. The monoisotopic (exact) mass is 233 g/mol. The molecule has 0 aliphatic carbocycles. The lowest BCUT2D eigenvalue weighted by Gasteiger charge is -2.28. The molecule has 0 fully saturated rings. The maximum atomic E-state index is 5.76. The SMILES string of the molecule is [CH2]C[Si](OCCC)(OCCC)OCCC. The molecule has 15 heavy (non-hydrogen) atoms. The third-order valence-electron chi connectivity index (χ3n) is 1.88. The zero-order valence-electron chi connectivity index (χ0n) is 10.4. The molecule has 0 saturated carbocycles. The zero-order valence-corrected chi connectivity index (χ0v) is 11.4. The molecule has 0 rings (SSSR count). The zero-order chi connectivity index (χ0) is 11.6. The van der Waals surface area contributed by atoms with Crippen LogP contribution in [0, 0.1) is 6.92 Å². The first-order valence-corrected chi connectivity index (χ1v) is 7.89. The van der Waals surface area contributed by atoms with Crippen LogP contribution >= 0.6 is 0 Å². The smallest absolute Gasteiger partial charge is 0.373 e. The molecule has 0 atom stereocenters. The highest BCUT2D eigenvalue weighted by atomic mass is 28.4. The third kappa shape index (κ3) is 6.30. The van der Waals surface area contributed by atoms with Gasteiger partial charge in [-0.2, -0.15) is 0 Å². The molecule has 0 aromatic rings. The summed E-state index contributed by atoms with van der Waals surface area (Å²) >= 11 is 0. The van der Waals surface area contributed by atoms with Gasteiger partial charge in [-0.05, 0) is 26.2 Å². The number of hydrogen-bond donors (Lipinski definition) is 0. The molecule has 0 amide bonds. The van der Waals surface area contributed by atoms with Gasteiger partial charge in [0.2, 0.25) is 0 Å². The summed E-state index contributed by atoms with van der Waals surface area (Å²) in [6, 6.07) is 0.618. The fraction of sp³-hybridized carbons (Fsp3) is 0.909. The Balaban J connectivity index is 4.16. The van der Waals surface area contributed by atoms with E-state index in [2.05, 4.69) is 27.7 Å². The minimum absolute atomic E-state index is 0.618. The maximum absolute atomic E-state index is 5.76. The lowest BCUT2D eigenvalue weighted by Crippen LogP contribution is -2.46. The average Bonchev–Trinajstić information content (AvgIpc) is 2.29. The molecule has 0 saturated heterocycles. The Hall–Kier alpha value is 0.0969. The van der Waals surface area contributed by atoms with E-state index in [1.165, 1.54) is 0 Å². The van der Waals surface area contributed by atoms with Crippen LogP contribution in [0.15, 0.2) is 0 Å². The van der Waals surface area contributed by atoms with Crippen molar-refractivity contribution in [2.45, 2.75) is 46.1 Å². The van der Waals surface area contributed by atoms with Gasteiger partial charge in [-0.3, -0.25) is 0 Å². The molecule has 0 aliphatic heterocycles. The fourth-order valence-electron chi connectivity index (χ4n) is 1.11. The molecule has 0 spiro atoms. The molecule has 0 bridgehead atoms. The highest BCUT2D eigenvalue weighted by Gasteiger charge is 2.38. The van der Waals surface area contributed by atoms with Gasteiger partial charge in [-0.1, -0.05) is 20.8 Å². The summed E-state index contributed by atoms with van der Waals surface area (Å²) in [7, 11) is -2.44. The first-order chi connectivity index (χ1) is 7.24. The van der Waals surface area contributed by atoms with Gasteiger partial charge in [0.05, 0.1) is 0 Å². The van der Waals surface area contributed by atoms with Crippen LogP contribution in [0.5, 0.6) is 0 Å². The van der Waals surface area contributed by atoms with Gasteiger partial charge in [-0.15, -0.1) is 0 Å². The van der Waals surface area contributed by atoms with Crippen molar-refractivity contribution in [2.24, 2.45) is 0 Å². The van der Waals surface area contributed by atoms with Crippen molar-refractivity contribution in [3.63, 3.8) is 0 Å². The maximum Gasteiger partial charge on any atom is 0.500 e. The Bertz CT molecular complexity index is 120. The lowest BCUT2D eigenvalue weighted by molar-refractivity contribution is 0.0618. The molecule has 0 unspecified atom stereocenters. The van der Waals surface area contributed by atoms with E-state index in [9.17, 15) is 0 Å². The predicted molar refractivity (Wildman–Crippen MR) is 64.6 cm³/mol. The molecular weight excluding hydrogens is 208 g/mol. The highest BCUT2D eigenvalue weighted by Crippen LogP contribution is 2.16. The van der Waals surface area contributed by atoms with Crippen molar-refractivity contribution >= 4 is 8.80 Å². The normalized spacial score (nSPS) is 12.0. The first kappa shape index (κ1) is 15.1. The van der Waals surface area contributed by atoms with Crippen LogP contribution in [-0.4, -0.2) is 28.6 Å². The van der Waals surface area contributed by atoms with E-state index in [1.807, 2.05) is 0 Å². The quantitative estimate of drug-likeness (QED) is 0.543. The van der Waals surface area contributed by atoms with E-state index in [4.69, 9.17) is 13.3 Å². The minimum atomic E-state index is -2.44. The molecular formula is C11H25O3Si. The van der Waals surface area contributed by atoms with Gasteiger partial charge < -0.3 is 13.3 Å². The second-order valence-corrected chi connectivity index (χ2v) is 6.21. The lowest BCUT2D eigenvalue weighted by atomic mass is 10.5.